The van der Waals surface area contributed by atoms with E-state index in [1.165, 1.54) is 17.8 Å². The van der Waals surface area contributed by atoms with Gasteiger partial charge in [-0.3, -0.25) is 4.79 Å². The van der Waals surface area contributed by atoms with Gasteiger partial charge in [0.25, 0.3) is 5.91 Å². The van der Waals surface area contributed by atoms with Gasteiger partial charge in [-0.15, -0.1) is 11.3 Å². The van der Waals surface area contributed by atoms with E-state index in [2.05, 4.69) is 35.1 Å². The number of rotatable bonds is 2. The number of carbonyl (C=O) groups is 1. The molecule has 0 aliphatic heterocycles. The van der Waals surface area contributed by atoms with Crippen LogP contribution in [0.25, 0.3) is 0 Å². The molecule has 0 bridgehead atoms. The van der Waals surface area contributed by atoms with Crippen LogP contribution in [-0.4, -0.2) is 11.9 Å². The van der Waals surface area contributed by atoms with Gasteiger partial charge in [0.1, 0.15) is 4.88 Å². The summed E-state index contributed by atoms with van der Waals surface area (Å²) < 4.78 is 0.896. The van der Waals surface area contributed by atoms with Crippen LogP contribution in [-0.2, 0) is 0 Å². The summed E-state index contributed by atoms with van der Waals surface area (Å²) >= 11 is 4.87. The van der Waals surface area contributed by atoms with Crippen molar-refractivity contribution in [2.45, 2.75) is 39.2 Å². The van der Waals surface area contributed by atoms with Gasteiger partial charge in [-0.05, 0) is 52.1 Å². The Morgan fingerprint density at radius 3 is 2.88 bits per heavy atom. The summed E-state index contributed by atoms with van der Waals surface area (Å²) in [4.78, 5) is 12.7. The van der Waals surface area contributed by atoms with Crippen LogP contribution in [0.1, 0.15) is 42.8 Å². The van der Waals surface area contributed by atoms with Gasteiger partial charge in [0.2, 0.25) is 0 Å². The molecule has 1 N–H and O–H groups in total. The fourth-order valence-electron chi connectivity index (χ4n) is 2.27. The Bertz CT molecular complexity index is 399. The lowest BCUT2D eigenvalue weighted by molar-refractivity contribution is 0.0939. The van der Waals surface area contributed by atoms with Crippen molar-refractivity contribution < 1.29 is 4.79 Å². The first-order chi connectivity index (χ1) is 7.48. The summed E-state index contributed by atoms with van der Waals surface area (Å²) in [6, 6.07) is 2.26. The molecule has 1 amide bonds. The fourth-order valence-corrected chi connectivity index (χ4v) is 3.72. The molecule has 1 atom stereocenters. The lowest BCUT2D eigenvalue weighted by Gasteiger charge is -2.17. The molecule has 0 saturated heterocycles. The molecule has 2 rings (SSSR count). The number of nitrogens with one attached hydrogen (secondary N) is 1. The van der Waals surface area contributed by atoms with Crippen molar-refractivity contribution in [3.63, 3.8) is 0 Å². The molecule has 0 radical (unpaired) electrons. The lowest BCUT2D eigenvalue weighted by Crippen LogP contribution is -2.33. The zero-order chi connectivity index (χ0) is 11.8. The number of amides is 1. The van der Waals surface area contributed by atoms with Crippen LogP contribution in [0.4, 0.5) is 0 Å². The van der Waals surface area contributed by atoms with E-state index in [0.717, 1.165) is 22.2 Å². The predicted molar refractivity (Wildman–Crippen MR) is 70.9 cm³/mol. The maximum Gasteiger partial charge on any atom is 0.262 e. The van der Waals surface area contributed by atoms with Gasteiger partial charge in [0.15, 0.2) is 0 Å². The second kappa shape index (κ2) is 4.49. The molecule has 88 valence electrons. The Kier molecular flexibility index (Phi) is 3.40. The summed E-state index contributed by atoms with van der Waals surface area (Å²) in [5.41, 5.74) is 0.380. The van der Waals surface area contributed by atoms with Crippen molar-refractivity contribution in [1.29, 1.82) is 0 Å². The smallest absolute Gasteiger partial charge is 0.262 e. The maximum absolute atomic E-state index is 12.0. The second-order valence-electron chi connectivity index (χ2n) is 5.18. The van der Waals surface area contributed by atoms with Crippen LogP contribution in [0.5, 0.6) is 0 Å². The van der Waals surface area contributed by atoms with Gasteiger partial charge in [-0.1, -0.05) is 13.8 Å². The molecule has 2 nitrogen and oxygen atoms in total. The van der Waals surface area contributed by atoms with Gasteiger partial charge >= 0.3 is 0 Å². The van der Waals surface area contributed by atoms with Crippen LogP contribution < -0.4 is 5.32 Å². The monoisotopic (exact) mass is 301 g/mol. The minimum absolute atomic E-state index is 0.0598. The van der Waals surface area contributed by atoms with Gasteiger partial charge in [-0.25, -0.2) is 0 Å². The molecule has 1 fully saturated rings. The van der Waals surface area contributed by atoms with Crippen molar-refractivity contribution >= 4 is 33.2 Å². The average Bonchev–Trinajstić information content (AvgIpc) is 2.72. The summed E-state index contributed by atoms with van der Waals surface area (Å²) in [5, 5.41) is 5.05. The highest BCUT2D eigenvalue weighted by atomic mass is 79.9. The molecule has 1 aromatic heterocycles. The van der Waals surface area contributed by atoms with E-state index >= 15 is 0 Å². The average molecular weight is 302 g/mol. The molecule has 1 saturated carbocycles. The molecule has 1 heterocycles. The molecule has 4 heteroatoms. The minimum atomic E-state index is 0.0598. The third kappa shape index (κ3) is 2.66. The molecule has 1 aliphatic carbocycles. The summed E-state index contributed by atoms with van der Waals surface area (Å²) in [5.74, 6) is 0.0598. The van der Waals surface area contributed by atoms with Crippen LogP contribution in [0.3, 0.4) is 0 Å². The Labute approximate surface area is 109 Å². The summed E-state index contributed by atoms with van der Waals surface area (Å²) in [6.45, 7) is 4.53. The molecular weight excluding hydrogens is 286 g/mol. The molecule has 16 heavy (non-hydrogen) atoms. The lowest BCUT2D eigenvalue weighted by atomic mass is 9.92. The molecule has 1 unspecified atom stereocenters. The van der Waals surface area contributed by atoms with Gasteiger partial charge in [0, 0.05) is 10.5 Å². The highest BCUT2D eigenvalue weighted by molar-refractivity contribution is 9.10. The zero-order valence-electron chi connectivity index (χ0n) is 9.55. The molecule has 1 aromatic rings. The Hall–Kier alpha value is -0.350. The predicted octanol–water partition coefficient (Wildman–Crippen LogP) is 3.82. The summed E-state index contributed by atoms with van der Waals surface area (Å²) in [6.07, 6.45) is 3.38. The van der Waals surface area contributed by atoms with Gasteiger partial charge < -0.3 is 5.32 Å². The van der Waals surface area contributed by atoms with Crippen molar-refractivity contribution in [1.82, 2.24) is 5.32 Å². The normalized spacial score (nSPS) is 23.3. The zero-order valence-corrected chi connectivity index (χ0v) is 12.0. The molecule has 0 aromatic carbocycles. The van der Waals surface area contributed by atoms with E-state index in [1.54, 1.807) is 0 Å². The molecule has 1 aliphatic rings. The number of hydrogen-bond donors (Lipinski definition) is 1. The van der Waals surface area contributed by atoms with E-state index in [1.807, 2.05) is 11.4 Å². The first kappa shape index (κ1) is 12.1. The Morgan fingerprint density at radius 1 is 1.62 bits per heavy atom. The first-order valence-electron chi connectivity index (χ1n) is 5.52. The first-order valence-corrected chi connectivity index (χ1v) is 7.19. The topological polar surface area (TPSA) is 29.1 Å². The highest BCUT2D eigenvalue weighted by Crippen LogP contribution is 2.37. The third-order valence-corrected chi connectivity index (χ3v) is 4.96. The van der Waals surface area contributed by atoms with Crippen LogP contribution >= 0.6 is 27.3 Å². The Balaban J connectivity index is 1.97. The SMILES string of the molecule is CC1(C)CCC(NC(=O)c2sccc2Br)C1. The van der Waals surface area contributed by atoms with E-state index in [0.29, 0.717) is 11.5 Å². The van der Waals surface area contributed by atoms with Crippen LogP contribution in [0, 0.1) is 5.41 Å². The van der Waals surface area contributed by atoms with Crippen molar-refractivity contribution in [3.8, 4) is 0 Å². The van der Waals surface area contributed by atoms with Crippen LogP contribution in [0.2, 0.25) is 0 Å². The number of halogens is 1. The number of hydrogen-bond acceptors (Lipinski definition) is 2. The van der Waals surface area contributed by atoms with E-state index in [-0.39, 0.29) is 5.91 Å². The van der Waals surface area contributed by atoms with Gasteiger partial charge in [-0.2, -0.15) is 0 Å². The molecular formula is C12H16BrNOS. The standard InChI is InChI=1S/C12H16BrNOS/c1-12(2)5-3-8(7-12)14-11(15)10-9(13)4-6-16-10/h4,6,8H,3,5,7H2,1-2H3,(H,14,15). The highest BCUT2D eigenvalue weighted by Gasteiger charge is 2.32. The van der Waals surface area contributed by atoms with E-state index in [9.17, 15) is 4.79 Å². The quantitative estimate of drug-likeness (QED) is 0.884. The largest absolute Gasteiger partial charge is 0.349 e. The molecule has 0 spiro atoms. The second-order valence-corrected chi connectivity index (χ2v) is 6.95. The van der Waals surface area contributed by atoms with Crippen molar-refractivity contribution in [3.05, 3.63) is 20.8 Å². The summed E-state index contributed by atoms with van der Waals surface area (Å²) in [7, 11) is 0. The van der Waals surface area contributed by atoms with Crippen molar-refractivity contribution in [2.24, 2.45) is 5.41 Å². The van der Waals surface area contributed by atoms with E-state index in [4.69, 9.17) is 0 Å². The van der Waals surface area contributed by atoms with E-state index < -0.39 is 0 Å². The number of carbonyl (C=O) groups excluding carboxylic acids is 1. The number of thiophene rings is 1. The Morgan fingerprint density at radius 2 is 2.38 bits per heavy atom. The van der Waals surface area contributed by atoms with Gasteiger partial charge in [0.05, 0.1) is 0 Å². The van der Waals surface area contributed by atoms with Crippen LogP contribution in [0.15, 0.2) is 15.9 Å². The minimum Gasteiger partial charge on any atom is -0.349 e. The fraction of sp³-hybridized carbons (Fsp3) is 0.583. The van der Waals surface area contributed by atoms with Crippen molar-refractivity contribution in [2.75, 3.05) is 0 Å². The third-order valence-electron chi connectivity index (χ3n) is 3.13. The maximum atomic E-state index is 12.0.